The fraction of sp³-hybridized carbons (Fsp3) is 0.889. The van der Waals surface area contributed by atoms with E-state index in [2.05, 4.69) is 19.2 Å². The predicted octanol–water partition coefficient (Wildman–Crippen LogP) is 1.88. The van der Waals surface area contributed by atoms with Crippen LogP contribution in [0.2, 0.25) is 0 Å². The SMILES string of the molecule is CC1CCC(NC#N)C(C)C1. The van der Waals surface area contributed by atoms with Gasteiger partial charge in [0.05, 0.1) is 0 Å². The zero-order valence-corrected chi connectivity index (χ0v) is 7.30. The highest BCUT2D eigenvalue weighted by Crippen LogP contribution is 2.28. The number of hydrogen-bond donors (Lipinski definition) is 1. The lowest BCUT2D eigenvalue weighted by Gasteiger charge is -2.31. The third-order valence-corrected chi connectivity index (χ3v) is 2.68. The topological polar surface area (TPSA) is 35.8 Å². The van der Waals surface area contributed by atoms with E-state index in [1.807, 2.05) is 6.19 Å². The van der Waals surface area contributed by atoms with Crippen LogP contribution in [0.5, 0.6) is 0 Å². The minimum Gasteiger partial charge on any atom is -0.321 e. The van der Waals surface area contributed by atoms with E-state index in [4.69, 9.17) is 5.26 Å². The molecule has 3 unspecified atom stereocenters. The second-order valence-corrected chi connectivity index (χ2v) is 3.76. The van der Waals surface area contributed by atoms with Gasteiger partial charge in [-0.25, -0.2) is 0 Å². The molecule has 11 heavy (non-hydrogen) atoms. The van der Waals surface area contributed by atoms with Gasteiger partial charge in [-0.3, -0.25) is 0 Å². The Morgan fingerprint density at radius 3 is 2.64 bits per heavy atom. The Morgan fingerprint density at radius 1 is 1.36 bits per heavy atom. The second-order valence-electron chi connectivity index (χ2n) is 3.76. The monoisotopic (exact) mass is 152 g/mol. The maximum atomic E-state index is 8.44. The highest BCUT2D eigenvalue weighted by atomic mass is 14.9. The van der Waals surface area contributed by atoms with E-state index in [0.29, 0.717) is 12.0 Å². The molecule has 62 valence electrons. The van der Waals surface area contributed by atoms with Crippen molar-refractivity contribution in [2.75, 3.05) is 0 Å². The predicted molar refractivity (Wildman–Crippen MR) is 44.7 cm³/mol. The minimum atomic E-state index is 0.441. The Balaban J connectivity index is 2.39. The molecule has 0 radical (unpaired) electrons. The van der Waals surface area contributed by atoms with Crippen molar-refractivity contribution in [2.24, 2.45) is 11.8 Å². The van der Waals surface area contributed by atoms with Crippen molar-refractivity contribution in [1.29, 1.82) is 5.26 Å². The van der Waals surface area contributed by atoms with E-state index in [-0.39, 0.29) is 0 Å². The van der Waals surface area contributed by atoms with Crippen molar-refractivity contribution in [2.45, 2.75) is 39.2 Å². The van der Waals surface area contributed by atoms with Gasteiger partial charge in [0.1, 0.15) is 0 Å². The molecule has 0 heterocycles. The molecule has 2 heteroatoms. The molecule has 0 bridgehead atoms. The average molecular weight is 152 g/mol. The average Bonchev–Trinajstić information content (AvgIpc) is 1.95. The lowest BCUT2D eigenvalue weighted by molar-refractivity contribution is 0.244. The highest BCUT2D eigenvalue weighted by molar-refractivity contribution is 4.85. The second kappa shape index (κ2) is 3.61. The fourth-order valence-electron chi connectivity index (χ4n) is 1.96. The van der Waals surface area contributed by atoms with E-state index in [1.54, 1.807) is 0 Å². The minimum absolute atomic E-state index is 0.441. The molecule has 0 aromatic carbocycles. The van der Waals surface area contributed by atoms with Crippen LogP contribution in [-0.4, -0.2) is 6.04 Å². The Labute approximate surface area is 68.6 Å². The van der Waals surface area contributed by atoms with Crippen molar-refractivity contribution >= 4 is 0 Å². The van der Waals surface area contributed by atoms with Crippen LogP contribution in [0, 0.1) is 23.3 Å². The molecule has 0 aromatic rings. The van der Waals surface area contributed by atoms with Crippen LogP contribution in [0.3, 0.4) is 0 Å². The summed E-state index contributed by atoms with van der Waals surface area (Å²) in [6.45, 7) is 4.52. The van der Waals surface area contributed by atoms with Gasteiger partial charge in [-0.05, 0) is 31.1 Å². The van der Waals surface area contributed by atoms with Crippen LogP contribution in [0.4, 0.5) is 0 Å². The van der Waals surface area contributed by atoms with Crippen LogP contribution in [0.25, 0.3) is 0 Å². The number of rotatable bonds is 1. The van der Waals surface area contributed by atoms with Crippen molar-refractivity contribution in [3.63, 3.8) is 0 Å². The van der Waals surface area contributed by atoms with Crippen molar-refractivity contribution in [3.8, 4) is 6.19 Å². The van der Waals surface area contributed by atoms with Gasteiger partial charge >= 0.3 is 0 Å². The summed E-state index contributed by atoms with van der Waals surface area (Å²) < 4.78 is 0. The van der Waals surface area contributed by atoms with Crippen LogP contribution < -0.4 is 5.32 Å². The first-order valence-corrected chi connectivity index (χ1v) is 4.38. The maximum Gasteiger partial charge on any atom is 0.176 e. The van der Waals surface area contributed by atoms with Crippen LogP contribution in [0.1, 0.15) is 33.1 Å². The molecule has 0 aliphatic heterocycles. The van der Waals surface area contributed by atoms with Gasteiger partial charge in [-0.1, -0.05) is 13.8 Å². The summed E-state index contributed by atoms with van der Waals surface area (Å²) in [4.78, 5) is 0. The molecule has 0 aromatic heterocycles. The molecular formula is C9H16N2. The summed E-state index contributed by atoms with van der Waals surface area (Å²) in [5, 5.41) is 11.3. The van der Waals surface area contributed by atoms with E-state index < -0.39 is 0 Å². The standard InChI is InChI=1S/C9H16N2/c1-7-3-4-9(11-6-10)8(2)5-7/h7-9,11H,3-5H2,1-2H3. The Morgan fingerprint density at radius 2 is 2.09 bits per heavy atom. The van der Waals surface area contributed by atoms with Gasteiger partial charge in [0, 0.05) is 6.04 Å². The van der Waals surface area contributed by atoms with Gasteiger partial charge < -0.3 is 5.32 Å². The smallest absolute Gasteiger partial charge is 0.176 e. The lowest BCUT2D eigenvalue weighted by atomic mass is 9.80. The Bertz CT molecular complexity index is 159. The third kappa shape index (κ3) is 2.11. The molecule has 1 aliphatic carbocycles. The largest absolute Gasteiger partial charge is 0.321 e. The number of hydrogen-bond acceptors (Lipinski definition) is 2. The van der Waals surface area contributed by atoms with Gasteiger partial charge in [-0.2, -0.15) is 5.26 Å². The van der Waals surface area contributed by atoms with Gasteiger partial charge in [0.15, 0.2) is 6.19 Å². The molecule has 0 saturated heterocycles. The van der Waals surface area contributed by atoms with Crippen LogP contribution >= 0.6 is 0 Å². The lowest BCUT2D eigenvalue weighted by Crippen LogP contribution is -2.36. The molecule has 1 rings (SSSR count). The van der Waals surface area contributed by atoms with Crippen LogP contribution in [-0.2, 0) is 0 Å². The Kier molecular flexibility index (Phi) is 2.76. The van der Waals surface area contributed by atoms with E-state index in [0.717, 1.165) is 12.3 Å². The van der Waals surface area contributed by atoms with E-state index in [9.17, 15) is 0 Å². The maximum absolute atomic E-state index is 8.44. The van der Waals surface area contributed by atoms with Crippen molar-refractivity contribution in [1.82, 2.24) is 5.32 Å². The summed E-state index contributed by atoms with van der Waals surface area (Å²) in [6.07, 6.45) is 5.73. The normalized spacial score (nSPS) is 37.7. The highest BCUT2D eigenvalue weighted by Gasteiger charge is 2.24. The third-order valence-electron chi connectivity index (χ3n) is 2.68. The number of nitriles is 1. The fourth-order valence-corrected chi connectivity index (χ4v) is 1.96. The first-order chi connectivity index (χ1) is 5.24. The molecule has 1 aliphatic rings. The summed E-state index contributed by atoms with van der Waals surface area (Å²) in [7, 11) is 0. The van der Waals surface area contributed by atoms with Gasteiger partial charge in [0.2, 0.25) is 0 Å². The summed E-state index contributed by atoms with van der Waals surface area (Å²) in [5.41, 5.74) is 0. The number of nitrogens with zero attached hydrogens (tertiary/aromatic N) is 1. The Hall–Kier alpha value is -0.710. The van der Waals surface area contributed by atoms with E-state index >= 15 is 0 Å². The number of nitrogens with one attached hydrogen (secondary N) is 1. The van der Waals surface area contributed by atoms with E-state index in [1.165, 1.54) is 12.8 Å². The first-order valence-electron chi connectivity index (χ1n) is 4.38. The van der Waals surface area contributed by atoms with Crippen molar-refractivity contribution < 1.29 is 0 Å². The zero-order valence-electron chi connectivity index (χ0n) is 7.30. The zero-order chi connectivity index (χ0) is 8.27. The van der Waals surface area contributed by atoms with Gasteiger partial charge in [0.25, 0.3) is 0 Å². The summed E-state index contributed by atoms with van der Waals surface area (Å²) >= 11 is 0. The summed E-state index contributed by atoms with van der Waals surface area (Å²) in [6, 6.07) is 0.441. The molecule has 0 spiro atoms. The molecule has 3 atom stereocenters. The van der Waals surface area contributed by atoms with Crippen LogP contribution in [0.15, 0.2) is 0 Å². The molecule has 0 amide bonds. The molecule has 1 saturated carbocycles. The summed E-state index contributed by atoms with van der Waals surface area (Å²) in [5.74, 6) is 1.51. The van der Waals surface area contributed by atoms with Crippen molar-refractivity contribution in [3.05, 3.63) is 0 Å². The first kappa shape index (κ1) is 8.39. The molecule has 1 fully saturated rings. The molecule has 2 nitrogen and oxygen atoms in total. The van der Waals surface area contributed by atoms with Gasteiger partial charge in [-0.15, -0.1) is 0 Å². The quantitative estimate of drug-likeness (QED) is 0.460. The molecule has 1 N–H and O–H groups in total. The molecular weight excluding hydrogens is 136 g/mol.